The number of carbonyl (C=O) groups is 3. The van der Waals surface area contributed by atoms with Gasteiger partial charge in [-0.15, -0.1) is 0 Å². The molecule has 3 aromatic rings. The summed E-state index contributed by atoms with van der Waals surface area (Å²) in [6.45, 7) is 0. The maximum atomic E-state index is 12.2. The predicted molar refractivity (Wildman–Crippen MR) is 118 cm³/mol. The maximum absolute atomic E-state index is 12.2. The molecule has 6 nitrogen and oxygen atoms in total. The first kappa shape index (κ1) is 20.8. The molecular weight excluding hydrogens is 502 g/mol. The second-order valence-electron chi connectivity index (χ2n) is 5.95. The number of benzene rings is 3. The molecule has 3 N–H and O–H groups in total. The quantitative estimate of drug-likeness (QED) is 0.445. The molecule has 0 aliphatic carbocycles. The van der Waals surface area contributed by atoms with Gasteiger partial charge in [0.15, 0.2) is 0 Å². The molecule has 0 saturated carbocycles. The number of rotatable bonds is 4. The van der Waals surface area contributed by atoms with Crippen LogP contribution in [-0.2, 0) is 0 Å². The number of hydrogen-bond acceptors (Lipinski definition) is 3. The Morgan fingerprint density at radius 2 is 0.862 bits per heavy atom. The lowest BCUT2D eigenvalue weighted by Crippen LogP contribution is -2.41. The first-order valence-electron chi connectivity index (χ1n) is 8.45. The Labute approximate surface area is 183 Å². The van der Waals surface area contributed by atoms with Crippen LogP contribution in [0.4, 0.5) is 5.69 Å². The number of carbonyl (C=O) groups excluding carboxylic acids is 3. The molecule has 0 atom stereocenters. The van der Waals surface area contributed by atoms with E-state index in [1.54, 1.807) is 72.8 Å². The van der Waals surface area contributed by atoms with E-state index in [1.807, 2.05) is 0 Å². The third-order valence-corrected chi connectivity index (χ3v) is 4.96. The number of nitrogens with one attached hydrogen (secondary N) is 3. The van der Waals surface area contributed by atoms with E-state index in [0.717, 1.165) is 8.95 Å². The van der Waals surface area contributed by atoms with E-state index < -0.39 is 11.8 Å². The van der Waals surface area contributed by atoms with E-state index >= 15 is 0 Å². The first-order chi connectivity index (χ1) is 13.9. The van der Waals surface area contributed by atoms with Gasteiger partial charge in [-0.25, -0.2) is 0 Å². The highest BCUT2D eigenvalue weighted by molar-refractivity contribution is 9.10. The summed E-state index contributed by atoms with van der Waals surface area (Å²) in [5.74, 6) is -1.15. The van der Waals surface area contributed by atoms with Gasteiger partial charge in [0, 0.05) is 31.3 Å². The Morgan fingerprint density at radius 1 is 0.517 bits per heavy atom. The summed E-state index contributed by atoms with van der Waals surface area (Å²) in [6, 6.07) is 20.0. The van der Waals surface area contributed by atoms with Crippen molar-refractivity contribution in [2.75, 3.05) is 5.32 Å². The van der Waals surface area contributed by atoms with Crippen molar-refractivity contribution in [1.29, 1.82) is 0 Å². The Hall–Kier alpha value is -2.97. The largest absolute Gasteiger partial charge is 0.322 e. The first-order valence-corrected chi connectivity index (χ1v) is 10.0. The number of halogens is 2. The summed E-state index contributed by atoms with van der Waals surface area (Å²) in [5, 5.41) is 2.76. The Morgan fingerprint density at radius 3 is 1.28 bits per heavy atom. The second kappa shape index (κ2) is 9.49. The summed E-state index contributed by atoms with van der Waals surface area (Å²) in [6.07, 6.45) is 0. The van der Waals surface area contributed by atoms with Crippen LogP contribution in [-0.4, -0.2) is 17.7 Å². The lowest BCUT2D eigenvalue weighted by molar-refractivity contribution is 0.0846. The summed E-state index contributed by atoms with van der Waals surface area (Å²) in [5.41, 5.74) is 6.54. The van der Waals surface area contributed by atoms with E-state index in [2.05, 4.69) is 48.0 Å². The van der Waals surface area contributed by atoms with Crippen LogP contribution in [0.3, 0.4) is 0 Å². The van der Waals surface area contributed by atoms with Crippen molar-refractivity contribution in [3.05, 3.63) is 98.4 Å². The molecule has 3 amide bonds. The van der Waals surface area contributed by atoms with E-state index in [1.165, 1.54) is 0 Å². The Bertz CT molecular complexity index is 1030. The third kappa shape index (κ3) is 5.75. The van der Waals surface area contributed by atoms with Crippen molar-refractivity contribution >= 4 is 55.3 Å². The van der Waals surface area contributed by atoms with Crippen LogP contribution in [0.15, 0.2) is 81.7 Å². The Balaban J connectivity index is 1.55. The van der Waals surface area contributed by atoms with Gasteiger partial charge in [-0.2, -0.15) is 0 Å². The summed E-state index contributed by atoms with van der Waals surface area (Å²) in [4.78, 5) is 36.4. The molecule has 0 aliphatic rings. The minimum atomic E-state index is -0.471. The summed E-state index contributed by atoms with van der Waals surface area (Å²) in [7, 11) is 0. The number of anilines is 1. The fourth-order valence-corrected chi connectivity index (χ4v) is 2.90. The van der Waals surface area contributed by atoms with Crippen molar-refractivity contribution in [2.45, 2.75) is 0 Å². The monoisotopic (exact) mass is 515 g/mol. The number of amides is 3. The molecule has 146 valence electrons. The molecule has 8 heteroatoms. The van der Waals surface area contributed by atoms with Gasteiger partial charge in [-0.3, -0.25) is 25.2 Å². The van der Waals surface area contributed by atoms with Crippen molar-refractivity contribution < 1.29 is 14.4 Å². The molecule has 0 unspecified atom stereocenters. The number of hydrogen-bond donors (Lipinski definition) is 3. The van der Waals surface area contributed by atoms with Gasteiger partial charge in [0.1, 0.15) is 0 Å². The fourth-order valence-electron chi connectivity index (χ4n) is 2.37. The Kier molecular flexibility index (Phi) is 6.79. The summed E-state index contributed by atoms with van der Waals surface area (Å²) >= 11 is 6.62. The number of hydrazine groups is 1. The van der Waals surface area contributed by atoms with Crippen LogP contribution in [0.2, 0.25) is 0 Å². The van der Waals surface area contributed by atoms with Crippen molar-refractivity contribution in [3.63, 3.8) is 0 Å². The van der Waals surface area contributed by atoms with E-state index in [9.17, 15) is 14.4 Å². The molecular formula is C21H15Br2N3O3. The highest BCUT2D eigenvalue weighted by atomic mass is 79.9. The van der Waals surface area contributed by atoms with Crippen molar-refractivity contribution in [3.8, 4) is 0 Å². The van der Waals surface area contributed by atoms with E-state index in [4.69, 9.17) is 0 Å². The molecule has 3 aromatic carbocycles. The van der Waals surface area contributed by atoms with Gasteiger partial charge >= 0.3 is 0 Å². The smallest absolute Gasteiger partial charge is 0.269 e. The molecule has 0 heterocycles. The maximum Gasteiger partial charge on any atom is 0.269 e. The lowest BCUT2D eigenvalue weighted by atomic mass is 10.1. The van der Waals surface area contributed by atoms with Crippen LogP contribution in [0, 0.1) is 0 Å². The van der Waals surface area contributed by atoms with Gasteiger partial charge in [-0.1, -0.05) is 31.9 Å². The van der Waals surface area contributed by atoms with E-state index in [0.29, 0.717) is 22.4 Å². The minimum Gasteiger partial charge on any atom is -0.322 e. The molecule has 0 bridgehead atoms. The zero-order valence-electron chi connectivity index (χ0n) is 14.9. The second-order valence-corrected chi connectivity index (χ2v) is 7.78. The average molecular weight is 517 g/mol. The van der Waals surface area contributed by atoms with Gasteiger partial charge in [0.25, 0.3) is 17.7 Å². The minimum absolute atomic E-state index is 0.253. The third-order valence-electron chi connectivity index (χ3n) is 3.91. The molecule has 29 heavy (non-hydrogen) atoms. The summed E-state index contributed by atoms with van der Waals surface area (Å²) < 4.78 is 1.74. The normalized spacial score (nSPS) is 10.1. The van der Waals surface area contributed by atoms with Crippen LogP contribution < -0.4 is 16.2 Å². The van der Waals surface area contributed by atoms with Crippen LogP contribution in [0.5, 0.6) is 0 Å². The van der Waals surface area contributed by atoms with Crippen LogP contribution >= 0.6 is 31.9 Å². The van der Waals surface area contributed by atoms with Crippen molar-refractivity contribution in [2.24, 2.45) is 0 Å². The zero-order chi connectivity index (χ0) is 20.8. The van der Waals surface area contributed by atoms with Crippen molar-refractivity contribution in [1.82, 2.24) is 10.9 Å². The standard InChI is InChI=1S/C21H15Br2N3O3/c22-16-7-1-13(2-8-16)19(27)24-18-11-5-15(6-12-18)21(29)26-25-20(28)14-3-9-17(23)10-4-14/h1-12H,(H,24,27)(H,25,28)(H,26,29). The van der Waals surface area contributed by atoms with Gasteiger partial charge < -0.3 is 5.32 Å². The molecule has 0 fully saturated rings. The van der Waals surface area contributed by atoms with Crippen LogP contribution in [0.1, 0.15) is 31.1 Å². The average Bonchev–Trinajstić information content (AvgIpc) is 2.73. The predicted octanol–water partition coefficient (Wildman–Crippen LogP) is 4.54. The topological polar surface area (TPSA) is 87.3 Å². The molecule has 0 radical (unpaired) electrons. The van der Waals surface area contributed by atoms with Crippen LogP contribution in [0.25, 0.3) is 0 Å². The highest BCUT2D eigenvalue weighted by Crippen LogP contribution is 2.14. The molecule has 0 saturated heterocycles. The highest BCUT2D eigenvalue weighted by Gasteiger charge is 2.10. The van der Waals surface area contributed by atoms with Gasteiger partial charge in [-0.05, 0) is 72.8 Å². The SMILES string of the molecule is O=C(NNC(=O)c1ccc(NC(=O)c2ccc(Br)cc2)cc1)c1ccc(Br)cc1. The zero-order valence-corrected chi connectivity index (χ0v) is 18.1. The van der Waals surface area contributed by atoms with Gasteiger partial charge in [0.2, 0.25) is 0 Å². The van der Waals surface area contributed by atoms with Gasteiger partial charge in [0.05, 0.1) is 0 Å². The molecule has 0 spiro atoms. The van der Waals surface area contributed by atoms with E-state index in [-0.39, 0.29) is 5.91 Å². The molecule has 3 rings (SSSR count). The molecule has 0 aromatic heterocycles. The molecule has 0 aliphatic heterocycles. The lowest BCUT2D eigenvalue weighted by Gasteiger charge is -2.09. The fraction of sp³-hybridized carbons (Fsp3) is 0.